The number of methoxy groups -OCH3 is 1. The van der Waals surface area contributed by atoms with E-state index in [2.05, 4.69) is 85.6 Å². The number of thiazole rings is 1. The standard InChI is InChI=1S/C35H49N5O2S.C9H10N2O.CH2O2/c1-7-12-26(21-32(41)40-18-10-9-17-37-40)35-38-30(22-43-35)25-14-15-31-28(20-25)29(19-23(3)4)34(39(31)8-2)27-13-11-16-36-33(27)24(5)42-6;10-9(12)7-5-6(7)8-3-1-2-4-11-8;2-1-3/h11,13-16,20,22-24,26,29,34,37H,7-10,12,17-19,21H2,1-6H3;1-4,6-7H,5H2,(H2,10,12);1H,(H,2,3). The Labute approximate surface area is 347 Å². The molecule has 1 aromatic carbocycles. The minimum atomic E-state index is -0.250. The van der Waals surface area contributed by atoms with Crippen molar-refractivity contribution in [2.24, 2.45) is 17.6 Å². The maximum Gasteiger partial charge on any atom is 0.290 e. The minimum Gasteiger partial charge on any atom is -0.483 e. The summed E-state index contributed by atoms with van der Waals surface area (Å²) in [5.41, 5.74) is 16.6. The quantitative estimate of drug-likeness (QED) is 0.105. The van der Waals surface area contributed by atoms with Gasteiger partial charge in [0, 0.05) is 91.6 Å². The summed E-state index contributed by atoms with van der Waals surface area (Å²) < 4.78 is 5.76. The average molecular weight is 812 g/mol. The Morgan fingerprint density at radius 2 is 1.84 bits per heavy atom. The highest BCUT2D eigenvalue weighted by Crippen LogP contribution is 2.53. The van der Waals surface area contributed by atoms with Crippen LogP contribution in [0.4, 0.5) is 5.69 Å². The Morgan fingerprint density at radius 1 is 1.07 bits per heavy atom. The van der Waals surface area contributed by atoms with Gasteiger partial charge in [-0.1, -0.05) is 45.4 Å². The first-order chi connectivity index (χ1) is 28.1. The third-order valence-corrected chi connectivity index (χ3v) is 12.3. The molecule has 6 unspecified atom stereocenters. The molecule has 0 spiro atoms. The number of carbonyl (C=O) groups is 3. The Balaban J connectivity index is 0.000000357. The van der Waals surface area contributed by atoms with Crippen molar-refractivity contribution in [2.45, 2.75) is 109 Å². The molecule has 3 aromatic heterocycles. The summed E-state index contributed by atoms with van der Waals surface area (Å²) in [6.45, 7) is 13.5. The highest BCUT2D eigenvalue weighted by atomic mass is 32.1. The lowest BCUT2D eigenvalue weighted by molar-refractivity contribution is -0.136. The molecular formula is C45H61N7O5S. The van der Waals surface area contributed by atoms with E-state index in [0.29, 0.717) is 18.3 Å². The van der Waals surface area contributed by atoms with Crippen molar-refractivity contribution in [3.8, 4) is 11.3 Å². The summed E-state index contributed by atoms with van der Waals surface area (Å²) in [4.78, 5) is 48.9. The lowest BCUT2D eigenvalue weighted by atomic mass is 9.82. The first-order valence-corrected chi connectivity index (χ1v) is 21.6. The van der Waals surface area contributed by atoms with E-state index >= 15 is 0 Å². The number of carboxylic acid groups (broad SMARTS) is 1. The highest BCUT2D eigenvalue weighted by Gasteiger charge is 2.44. The Kier molecular flexibility index (Phi) is 16.3. The lowest BCUT2D eigenvalue weighted by Gasteiger charge is -2.32. The van der Waals surface area contributed by atoms with E-state index in [-0.39, 0.29) is 48.2 Å². The van der Waals surface area contributed by atoms with Gasteiger partial charge in [0.1, 0.15) is 0 Å². The van der Waals surface area contributed by atoms with Crippen LogP contribution in [0.3, 0.4) is 0 Å². The molecular weight excluding hydrogens is 751 g/mol. The number of benzene rings is 1. The zero-order valence-electron chi connectivity index (χ0n) is 34.8. The summed E-state index contributed by atoms with van der Waals surface area (Å²) in [6, 6.07) is 17.2. The third kappa shape index (κ3) is 10.9. The second-order valence-corrected chi connectivity index (χ2v) is 16.6. The van der Waals surface area contributed by atoms with Crippen LogP contribution in [0.25, 0.3) is 11.3 Å². The van der Waals surface area contributed by atoms with Crippen LogP contribution in [0.1, 0.15) is 137 Å². The second kappa shape index (κ2) is 21.3. The van der Waals surface area contributed by atoms with Gasteiger partial charge in [0.2, 0.25) is 11.8 Å². The van der Waals surface area contributed by atoms with Gasteiger partial charge in [-0.05, 0) is 93.3 Å². The van der Waals surface area contributed by atoms with Crippen LogP contribution < -0.4 is 16.1 Å². The van der Waals surface area contributed by atoms with E-state index in [1.54, 1.807) is 24.6 Å². The summed E-state index contributed by atoms with van der Waals surface area (Å²) in [6.07, 6.45) is 10.2. The molecule has 13 heteroatoms. The number of rotatable bonds is 14. The van der Waals surface area contributed by atoms with Gasteiger partial charge >= 0.3 is 0 Å². The normalized spacial score (nSPS) is 20.5. The molecule has 1 aliphatic carbocycles. The van der Waals surface area contributed by atoms with Crippen molar-refractivity contribution in [3.63, 3.8) is 0 Å². The number of nitrogens with zero attached hydrogens (tertiary/aromatic N) is 5. The maximum atomic E-state index is 13.1. The van der Waals surface area contributed by atoms with E-state index in [1.807, 2.05) is 29.4 Å². The zero-order valence-corrected chi connectivity index (χ0v) is 35.7. The predicted molar refractivity (Wildman–Crippen MR) is 229 cm³/mol. The van der Waals surface area contributed by atoms with Gasteiger partial charge in [0.25, 0.3) is 6.47 Å². The van der Waals surface area contributed by atoms with Crippen molar-refractivity contribution in [2.75, 3.05) is 31.6 Å². The molecule has 4 N–H and O–H groups in total. The van der Waals surface area contributed by atoms with E-state index in [4.69, 9.17) is 30.3 Å². The van der Waals surface area contributed by atoms with Crippen molar-refractivity contribution < 1.29 is 24.2 Å². The third-order valence-electron chi connectivity index (χ3n) is 11.3. The smallest absolute Gasteiger partial charge is 0.290 e. The summed E-state index contributed by atoms with van der Waals surface area (Å²) in [5.74, 6) is 1.33. The number of nitrogens with two attached hydrogens (primary N) is 1. The molecule has 4 aromatic rings. The van der Waals surface area contributed by atoms with Crippen molar-refractivity contribution in [3.05, 3.63) is 93.8 Å². The topological polar surface area (TPSA) is 164 Å². The number of anilines is 1. The predicted octanol–water partition coefficient (Wildman–Crippen LogP) is 8.40. The molecule has 3 aliphatic rings. The molecule has 5 heterocycles. The molecule has 2 aliphatic heterocycles. The Bertz CT molecular complexity index is 1940. The summed E-state index contributed by atoms with van der Waals surface area (Å²) in [7, 11) is 1.76. The maximum absolute atomic E-state index is 13.1. The van der Waals surface area contributed by atoms with Crippen molar-refractivity contribution >= 4 is 35.3 Å². The number of nitrogens with one attached hydrogen (secondary N) is 1. The Morgan fingerprint density at radius 3 is 2.47 bits per heavy atom. The van der Waals surface area contributed by atoms with Crippen molar-refractivity contribution in [1.82, 2.24) is 25.4 Å². The van der Waals surface area contributed by atoms with Gasteiger partial charge in [-0.3, -0.25) is 29.4 Å². The SMILES string of the molecule is CCCC(CC(=O)N1CCCCN1)c1nc(-c2ccc3c(c2)C(CC(C)C)C(c2cccnc2C(C)OC)N3CC)cs1.NC(=O)C1CC1c1ccccn1.O=CO. The van der Waals surface area contributed by atoms with Crippen LogP contribution in [0, 0.1) is 11.8 Å². The highest BCUT2D eigenvalue weighted by molar-refractivity contribution is 7.10. The van der Waals surface area contributed by atoms with Crippen LogP contribution in [-0.2, 0) is 19.1 Å². The van der Waals surface area contributed by atoms with Crippen LogP contribution in [0.15, 0.2) is 66.3 Å². The molecule has 1 saturated carbocycles. The number of aromatic nitrogens is 3. The van der Waals surface area contributed by atoms with Crippen LogP contribution >= 0.6 is 11.3 Å². The summed E-state index contributed by atoms with van der Waals surface area (Å²) in [5, 5.41) is 12.0. The zero-order chi connectivity index (χ0) is 41.8. The number of pyridine rings is 2. The van der Waals surface area contributed by atoms with Gasteiger partial charge in [-0.25, -0.2) is 10.4 Å². The van der Waals surface area contributed by atoms with Gasteiger partial charge in [0.05, 0.1) is 28.5 Å². The Hall–Kier alpha value is -4.72. The molecule has 2 fully saturated rings. The fourth-order valence-electron chi connectivity index (χ4n) is 8.38. The minimum absolute atomic E-state index is 0.0277. The monoisotopic (exact) mass is 811 g/mol. The number of likely N-dealkylation sites (N-methyl/N-ethyl adjacent to an activating group) is 1. The van der Waals surface area contributed by atoms with Crippen LogP contribution in [0.5, 0.6) is 0 Å². The molecule has 312 valence electrons. The largest absolute Gasteiger partial charge is 0.483 e. The molecule has 12 nitrogen and oxygen atoms in total. The number of hydrazine groups is 1. The van der Waals surface area contributed by atoms with Gasteiger partial charge in [-0.2, -0.15) is 0 Å². The molecule has 1 saturated heterocycles. The first kappa shape index (κ1) is 44.4. The van der Waals surface area contributed by atoms with Crippen LogP contribution in [-0.4, -0.2) is 70.1 Å². The molecule has 7 rings (SSSR count). The number of ether oxygens (including phenoxy) is 1. The number of fused-ring (bicyclic) bond motifs is 1. The average Bonchev–Trinajstić information content (AvgIpc) is 3.81. The summed E-state index contributed by atoms with van der Waals surface area (Å²) >= 11 is 1.70. The fourth-order valence-corrected chi connectivity index (χ4v) is 9.34. The lowest BCUT2D eigenvalue weighted by Crippen LogP contribution is -2.47. The number of primary amides is 1. The fraction of sp³-hybridized carbons (Fsp3) is 0.511. The van der Waals surface area contributed by atoms with E-state index in [0.717, 1.165) is 85.8 Å². The van der Waals surface area contributed by atoms with Crippen LogP contribution in [0.2, 0.25) is 0 Å². The molecule has 6 atom stereocenters. The number of hydrogen-bond acceptors (Lipinski definition) is 10. The first-order valence-electron chi connectivity index (χ1n) is 20.7. The molecule has 2 amide bonds. The van der Waals surface area contributed by atoms with E-state index in [9.17, 15) is 9.59 Å². The molecule has 0 bridgehead atoms. The number of amides is 2. The number of carbonyl (C=O) groups excluding carboxylic acids is 2. The van der Waals surface area contributed by atoms with Gasteiger partial charge in [-0.15, -0.1) is 11.3 Å². The van der Waals surface area contributed by atoms with E-state index in [1.165, 1.54) is 16.8 Å². The molecule has 0 radical (unpaired) electrons. The molecule has 58 heavy (non-hydrogen) atoms. The number of hydrogen-bond donors (Lipinski definition) is 3. The van der Waals surface area contributed by atoms with E-state index < -0.39 is 0 Å². The second-order valence-electron chi connectivity index (χ2n) is 15.7. The van der Waals surface area contributed by atoms with Gasteiger partial charge in [0.15, 0.2) is 0 Å². The van der Waals surface area contributed by atoms with Gasteiger partial charge < -0.3 is 20.5 Å². The van der Waals surface area contributed by atoms with Crippen molar-refractivity contribution in [1.29, 1.82) is 0 Å².